The largest absolute Gasteiger partial charge is 0.465 e. The maximum Gasteiger partial charge on any atom is 0.404 e. The van der Waals surface area contributed by atoms with E-state index in [0.29, 0.717) is 0 Å². The zero-order chi connectivity index (χ0) is 11.3. The van der Waals surface area contributed by atoms with Gasteiger partial charge in [0.1, 0.15) is 0 Å². The Morgan fingerprint density at radius 1 is 1.53 bits per heavy atom. The molecule has 78 valence electrons. The highest BCUT2D eigenvalue weighted by Crippen LogP contribution is 2.15. The number of carbonyl (C=O) groups is 1. The third-order valence-corrected chi connectivity index (χ3v) is 2.60. The van der Waals surface area contributed by atoms with E-state index in [1.165, 1.54) is 0 Å². The van der Waals surface area contributed by atoms with Gasteiger partial charge in [0.2, 0.25) is 0 Å². The highest BCUT2D eigenvalue weighted by Gasteiger charge is 2.11. The second-order valence-electron chi connectivity index (χ2n) is 2.92. The van der Waals surface area contributed by atoms with Gasteiger partial charge in [-0.3, -0.25) is 0 Å². The van der Waals surface area contributed by atoms with Crippen molar-refractivity contribution in [2.24, 2.45) is 0 Å². The molecule has 5 heteroatoms. The predicted molar refractivity (Wildman–Crippen MR) is 63.5 cm³/mol. The molecule has 1 atom stereocenters. The highest BCUT2D eigenvalue weighted by molar-refractivity contribution is 14.1. The quantitative estimate of drug-likeness (QED) is 0.839. The van der Waals surface area contributed by atoms with E-state index in [-0.39, 0.29) is 6.54 Å². The Morgan fingerprint density at radius 3 is 2.60 bits per heavy atom. The molecule has 0 heterocycles. The molecule has 2 N–H and O–H groups in total. The predicted octanol–water partition coefficient (Wildman–Crippen LogP) is 2.17. The summed E-state index contributed by atoms with van der Waals surface area (Å²) in [6.07, 6.45) is -1.11. The van der Waals surface area contributed by atoms with Crippen LogP contribution in [0.25, 0.3) is 0 Å². The molecule has 1 rings (SSSR count). The van der Waals surface area contributed by atoms with Gasteiger partial charge in [-0.1, -0.05) is 12.1 Å². The van der Waals surface area contributed by atoms with Crippen molar-refractivity contribution in [3.8, 4) is 6.07 Å². The van der Waals surface area contributed by atoms with Gasteiger partial charge in [-0.15, -0.1) is 0 Å². The van der Waals surface area contributed by atoms with Gasteiger partial charge in [0.15, 0.2) is 0 Å². The number of benzene rings is 1. The summed E-state index contributed by atoms with van der Waals surface area (Å²) in [5.74, 6) is -0.432. The third kappa shape index (κ3) is 3.75. The molecule has 0 aliphatic carbocycles. The van der Waals surface area contributed by atoms with Crippen LogP contribution in [0.4, 0.5) is 4.79 Å². The van der Waals surface area contributed by atoms with Crippen LogP contribution in [0, 0.1) is 14.9 Å². The molecule has 1 unspecified atom stereocenters. The Balaban J connectivity index is 2.71. The van der Waals surface area contributed by atoms with Crippen LogP contribution >= 0.6 is 22.6 Å². The van der Waals surface area contributed by atoms with Crippen molar-refractivity contribution in [2.45, 2.75) is 5.92 Å². The average molecular weight is 316 g/mol. The standard InChI is InChI=1S/C10H9IN2O2/c11-9-3-1-7(2-4-9)8(5-12)6-13-10(14)15/h1-4,8,13H,6H2,(H,14,15). The first kappa shape index (κ1) is 11.8. The van der Waals surface area contributed by atoms with E-state index in [1.807, 2.05) is 24.3 Å². The summed E-state index contributed by atoms with van der Waals surface area (Å²) >= 11 is 2.17. The van der Waals surface area contributed by atoms with Crippen LogP contribution in [0.2, 0.25) is 0 Å². The fraction of sp³-hybridized carbons (Fsp3) is 0.200. The number of halogens is 1. The smallest absolute Gasteiger partial charge is 0.404 e. The Bertz CT molecular complexity index is 383. The van der Waals surface area contributed by atoms with Crippen molar-refractivity contribution in [1.82, 2.24) is 5.32 Å². The molecular formula is C10H9IN2O2. The molecule has 4 nitrogen and oxygen atoms in total. The number of nitriles is 1. The van der Waals surface area contributed by atoms with Crippen LogP contribution in [0.15, 0.2) is 24.3 Å². The first-order valence-corrected chi connectivity index (χ1v) is 5.33. The van der Waals surface area contributed by atoms with Gasteiger partial charge in [-0.25, -0.2) is 4.79 Å². The van der Waals surface area contributed by atoms with E-state index < -0.39 is 12.0 Å². The molecule has 0 aliphatic heterocycles. The lowest BCUT2D eigenvalue weighted by Crippen LogP contribution is -2.26. The van der Waals surface area contributed by atoms with Crippen molar-refractivity contribution >= 4 is 28.7 Å². The van der Waals surface area contributed by atoms with Crippen molar-refractivity contribution in [3.05, 3.63) is 33.4 Å². The van der Waals surface area contributed by atoms with Crippen molar-refractivity contribution in [2.75, 3.05) is 6.54 Å². The number of hydrogen-bond donors (Lipinski definition) is 2. The van der Waals surface area contributed by atoms with Crippen LogP contribution in [-0.2, 0) is 0 Å². The maximum absolute atomic E-state index is 10.3. The van der Waals surface area contributed by atoms with Gasteiger partial charge in [0.05, 0.1) is 12.0 Å². The van der Waals surface area contributed by atoms with Crippen molar-refractivity contribution in [1.29, 1.82) is 5.26 Å². The Labute approximate surface area is 101 Å². The normalized spacial score (nSPS) is 11.5. The van der Waals surface area contributed by atoms with Gasteiger partial charge in [-0.05, 0) is 40.3 Å². The summed E-state index contributed by atoms with van der Waals surface area (Å²) in [5.41, 5.74) is 0.826. The molecule has 1 aromatic rings. The van der Waals surface area contributed by atoms with Crippen molar-refractivity contribution in [3.63, 3.8) is 0 Å². The second kappa shape index (κ2) is 5.56. The zero-order valence-electron chi connectivity index (χ0n) is 7.77. The van der Waals surface area contributed by atoms with Crippen LogP contribution in [-0.4, -0.2) is 17.7 Å². The van der Waals surface area contributed by atoms with E-state index >= 15 is 0 Å². The number of hydrogen-bond acceptors (Lipinski definition) is 2. The molecule has 0 aliphatic rings. The number of amides is 1. The zero-order valence-corrected chi connectivity index (χ0v) is 9.93. The molecule has 0 radical (unpaired) electrons. The number of carboxylic acid groups (broad SMARTS) is 1. The SMILES string of the molecule is N#CC(CNC(=O)O)c1ccc(I)cc1. The molecule has 0 saturated heterocycles. The Kier molecular flexibility index (Phi) is 4.37. The summed E-state index contributed by atoms with van der Waals surface area (Å²) in [7, 11) is 0. The van der Waals surface area contributed by atoms with E-state index in [4.69, 9.17) is 10.4 Å². The molecule has 15 heavy (non-hydrogen) atoms. The minimum atomic E-state index is -1.11. The van der Waals surface area contributed by atoms with Gasteiger partial charge < -0.3 is 10.4 Å². The molecule has 0 fully saturated rings. The third-order valence-electron chi connectivity index (χ3n) is 1.89. The first-order chi connectivity index (χ1) is 7.13. The Hall–Kier alpha value is -1.29. The minimum absolute atomic E-state index is 0.117. The maximum atomic E-state index is 10.3. The fourth-order valence-electron chi connectivity index (χ4n) is 1.12. The minimum Gasteiger partial charge on any atom is -0.465 e. The van der Waals surface area contributed by atoms with Gasteiger partial charge in [-0.2, -0.15) is 5.26 Å². The molecule has 1 amide bonds. The number of rotatable bonds is 3. The van der Waals surface area contributed by atoms with Gasteiger partial charge in [0.25, 0.3) is 0 Å². The molecular weight excluding hydrogens is 307 g/mol. The van der Waals surface area contributed by atoms with E-state index in [9.17, 15) is 4.79 Å². The van der Waals surface area contributed by atoms with E-state index in [0.717, 1.165) is 9.13 Å². The van der Waals surface area contributed by atoms with Gasteiger partial charge >= 0.3 is 6.09 Å². The lowest BCUT2D eigenvalue weighted by atomic mass is 10.0. The van der Waals surface area contributed by atoms with Crippen LogP contribution in [0.1, 0.15) is 11.5 Å². The van der Waals surface area contributed by atoms with Gasteiger partial charge in [0, 0.05) is 10.1 Å². The summed E-state index contributed by atoms with van der Waals surface area (Å²) < 4.78 is 1.08. The second-order valence-corrected chi connectivity index (χ2v) is 4.16. The summed E-state index contributed by atoms with van der Waals surface area (Å²) in [6, 6.07) is 9.51. The van der Waals surface area contributed by atoms with E-state index in [1.54, 1.807) is 0 Å². The lowest BCUT2D eigenvalue weighted by Gasteiger charge is -2.08. The molecule has 0 aromatic heterocycles. The topological polar surface area (TPSA) is 73.1 Å². The number of nitrogens with zero attached hydrogens (tertiary/aromatic N) is 1. The summed E-state index contributed by atoms with van der Waals surface area (Å²) in [6.45, 7) is 0.117. The number of nitrogens with one attached hydrogen (secondary N) is 1. The summed E-state index contributed by atoms with van der Waals surface area (Å²) in [4.78, 5) is 10.3. The molecule has 1 aromatic carbocycles. The van der Waals surface area contributed by atoms with E-state index in [2.05, 4.69) is 34.0 Å². The molecule has 0 saturated carbocycles. The fourth-order valence-corrected chi connectivity index (χ4v) is 1.48. The Morgan fingerprint density at radius 2 is 2.13 bits per heavy atom. The first-order valence-electron chi connectivity index (χ1n) is 4.25. The average Bonchev–Trinajstić information content (AvgIpc) is 2.21. The molecule has 0 bridgehead atoms. The van der Waals surface area contributed by atoms with Crippen LogP contribution < -0.4 is 5.32 Å². The molecule has 0 spiro atoms. The summed E-state index contributed by atoms with van der Waals surface area (Å²) in [5, 5.41) is 19.5. The van der Waals surface area contributed by atoms with Crippen LogP contribution in [0.3, 0.4) is 0 Å². The lowest BCUT2D eigenvalue weighted by molar-refractivity contribution is 0.194. The monoisotopic (exact) mass is 316 g/mol. The van der Waals surface area contributed by atoms with Crippen molar-refractivity contribution < 1.29 is 9.90 Å². The highest BCUT2D eigenvalue weighted by atomic mass is 127. The van der Waals surface area contributed by atoms with Crippen LogP contribution in [0.5, 0.6) is 0 Å².